The Morgan fingerprint density at radius 2 is 1.96 bits per heavy atom. The topological polar surface area (TPSA) is 70.2 Å². The first-order chi connectivity index (χ1) is 12.4. The first kappa shape index (κ1) is 19.8. The average molecular weight is 355 g/mol. The van der Waals surface area contributed by atoms with Crippen molar-refractivity contribution in [3.8, 4) is 0 Å². The third-order valence-corrected chi connectivity index (χ3v) is 4.14. The van der Waals surface area contributed by atoms with E-state index in [4.69, 9.17) is 0 Å². The van der Waals surface area contributed by atoms with Crippen molar-refractivity contribution in [2.45, 2.75) is 33.1 Å². The number of nitrogens with zero attached hydrogens (tertiary/aromatic N) is 3. The molecule has 1 heterocycles. The van der Waals surface area contributed by atoms with Gasteiger partial charge in [0.1, 0.15) is 11.5 Å². The van der Waals surface area contributed by atoms with E-state index in [-0.39, 0.29) is 5.91 Å². The SMILES string of the molecule is Cc1cccc(C(C)C)c1NC(=O)c1cnc(NCCCN(C)C)cn1. The number of amides is 1. The quantitative estimate of drug-likeness (QED) is 0.709. The molecule has 0 aliphatic carbocycles. The monoisotopic (exact) mass is 355 g/mol. The second-order valence-electron chi connectivity index (χ2n) is 7.02. The Labute approximate surface area is 156 Å². The zero-order chi connectivity index (χ0) is 19.1. The van der Waals surface area contributed by atoms with Gasteiger partial charge in [-0.1, -0.05) is 32.0 Å². The van der Waals surface area contributed by atoms with Crippen LogP contribution < -0.4 is 10.6 Å². The molecule has 0 radical (unpaired) electrons. The summed E-state index contributed by atoms with van der Waals surface area (Å²) < 4.78 is 0. The molecule has 6 nitrogen and oxygen atoms in total. The van der Waals surface area contributed by atoms with E-state index in [9.17, 15) is 4.79 Å². The van der Waals surface area contributed by atoms with E-state index in [1.807, 2.05) is 39.2 Å². The number of aromatic nitrogens is 2. The number of carbonyl (C=O) groups excluding carboxylic acids is 1. The van der Waals surface area contributed by atoms with Crippen LogP contribution in [0.25, 0.3) is 0 Å². The van der Waals surface area contributed by atoms with Crippen LogP contribution >= 0.6 is 0 Å². The van der Waals surface area contributed by atoms with Crippen molar-refractivity contribution in [2.24, 2.45) is 0 Å². The summed E-state index contributed by atoms with van der Waals surface area (Å²) >= 11 is 0. The number of rotatable bonds is 8. The maximum absolute atomic E-state index is 12.5. The fourth-order valence-electron chi connectivity index (χ4n) is 2.67. The molecule has 0 saturated carbocycles. The standard InChI is InChI=1S/C20H29N5O/c1-14(2)16-9-6-8-15(3)19(16)24-20(26)17-12-23-18(13-22-17)21-10-7-11-25(4)5/h6,8-9,12-14H,7,10-11H2,1-5H3,(H,21,23)(H,24,26). The highest BCUT2D eigenvalue weighted by Gasteiger charge is 2.14. The minimum absolute atomic E-state index is 0.243. The van der Waals surface area contributed by atoms with Gasteiger partial charge in [-0.05, 0) is 51.0 Å². The van der Waals surface area contributed by atoms with Gasteiger partial charge in [-0.2, -0.15) is 0 Å². The molecule has 0 bridgehead atoms. The number of anilines is 2. The number of benzene rings is 1. The van der Waals surface area contributed by atoms with Crippen molar-refractivity contribution in [1.82, 2.24) is 14.9 Å². The third-order valence-electron chi connectivity index (χ3n) is 4.14. The molecule has 2 aromatic rings. The van der Waals surface area contributed by atoms with E-state index in [0.29, 0.717) is 17.4 Å². The van der Waals surface area contributed by atoms with Gasteiger partial charge in [0.05, 0.1) is 12.4 Å². The molecule has 0 aliphatic heterocycles. The van der Waals surface area contributed by atoms with E-state index in [2.05, 4.69) is 39.3 Å². The van der Waals surface area contributed by atoms with Gasteiger partial charge < -0.3 is 15.5 Å². The van der Waals surface area contributed by atoms with Gasteiger partial charge in [0.25, 0.3) is 5.91 Å². The van der Waals surface area contributed by atoms with Crippen LogP contribution in [0, 0.1) is 6.92 Å². The summed E-state index contributed by atoms with van der Waals surface area (Å²) in [5, 5.41) is 6.21. The molecule has 0 spiro atoms. The summed E-state index contributed by atoms with van der Waals surface area (Å²) in [5.41, 5.74) is 3.32. The molecule has 26 heavy (non-hydrogen) atoms. The summed E-state index contributed by atoms with van der Waals surface area (Å²) in [6, 6.07) is 6.05. The highest BCUT2D eigenvalue weighted by atomic mass is 16.1. The van der Waals surface area contributed by atoms with Gasteiger partial charge in [0.15, 0.2) is 0 Å². The summed E-state index contributed by atoms with van der Waals surface area (Å²) in [4.78, 5) is 23.2. The van der Waals surface area contributed by atoms with E-state index in [1.54, 1.807) is 6.20 Å². The molecule has 1 amide bonds. The zero-order valence-corrected chi connectivity index (χ0v) is 16.3. The van der Waals surface area contributed by atoms with Crippen LogP contribution in [0.5, 0.6) is 0 Å². The Morgan fingerprint density at radius 3 is 2.58 bits per heavy atom. The van der Waals surface area contributed by atoms with Crippen LogP contribution in [0.3, 0.4) is 0 Å². The minimum Gasteiger partial charge on any atom is -0.369 e. The second-order valence-corrected chi connectivity index (χ2v) is 7.02. The fourth-order valence-corrected chi connectivity index (χ4v) is 2.67. The summed E-state index contributed by atoms with van der Waals surface area (Å²) in [6.45, 7) is 8.05. The second kappa shape index (κ2) is 9.29. The maximum atomic E-state index is 12.5. The number of hydrogen-bond donors (Lipinski definition) is 2. The van der Waals surface area contributed by atoms with Gasteiger partial charge in [0.2, 0.25) is 0 Å². The maximum Gasteiger partial charge on any atom is 0.275 e. The molecule has 0 saturated heterocycles. The van der Waals surface area contributed by atoms with Gasteiger partial charge in [0, 0.05) is 12.2 Å². The molecule has 6 heteroatoms. The van der Waals surface area contributed by atoms with Crippen LogP contribution in [0.2, 0.25) is 0 Å². The van der Waals surface area contributed by atoms with Crippen molar-refractivity contribution in [3.63, 3.8) is 0 Å². The van der Waals surface area contributed by atoms with Crippen molar-refractivity contribution >= 4 is 17.4 Å². The summed E-state index contributed by atoms with van der Waals surface area (Å²) in [7, 11) is 4.10. The molecule has 2 rings (SSSR count). The van der Waals surface area contributed by atoms with Gasteiger partial charge in [-0.3, -0.25) is 4.79 Å². The molecule has 0 fully saturated rings. The molecule has 1 aromatic carbocycles. The normalized spacial score (nSPS) is 11.0. The molecular formula is C20H29N5O. The largest absolute Gasteiger partial charge is 0.369 e. The Hall–Kier alpha value is -2.47. The predicted octanol–water partition coefficient (Wildman–Crippen LogP) is 3.52. The Balaban J connectivity index is 2.00. The molecule has 0 atom stereocenters. The summed E-state index contributed by atoms with van der Waals surface area (Å²) in [6.07, 6.45) is 4.13. The number of hydrogen-bond acceptors (Lipinski definition) is 5. The lowest BCUT2D eigenvalue weighted by molar-refractivity contribution is 0.102. The highest BCUT2D eigenvalue weighted by Crippen LogP contribution is 2.27. The van der Waals surface area contributed by atoms with Crippen LogP contribution in [0.15, 0.2) is 30.6 Å². The van der Waals surface area contributed by atoms with Crippen molar-refractivity contribution < 1.29 is 4.79 Å². The number of aryl methyl sites for hydroxylation is 1. The number of carbonyl (C=O) groups is 1. The Morgan fingerprint density at radius 1 is 1.19 bits per heavy atom. The lowest BCUT2D eigenvalue weighted by atomic mass is 9.98. The highest BCUT2D eigenvalue weighted by molar-refractivity contribution is 6.03. The first-order valence-electron chi connectivity index (χ1n) is 9.00. The smallest absolute Gasteiger partial charge is 0.275 e. The third kappa shape index (κ3) is 5.52. The average Bonchev–Trinajstić information content (AvgIpc) is 2.60. The van der Waals surface area contributed by atoms with Gasteiger partial charge in [-0.15, -0.1) is 0 Å². The molecule has 0 unspecified atom stereocenters. The zero-order valence-electron chi connectivity index (χ0n) is 16.3. The van der Waals surface area contributed by atoms with Crippen LogP contribution in [-0.2, 0) is 0 Å². The molecule has 2 N–H and O–H groups in total. The molecule has 1 aromatic heterocycles. The number of para-hydroxylation sites is 1. The van der Waals surface area contributed by atoms with Crippen molar-refractivity contribution in [3.05, 3.63) is 47.4 Å². The molecule has 0 aliphatic rings. The molecule has 140 valence electrons. The van der Waals surface area contributed by atoms with Crippen LogP contribution in [0.1, 0.15) is 47.8 Å². The summed E-state index contributed by atoms with van der Waals surface area (Å²) in [5.74, 6) is 0.761. The lowest BCUT2D eigenvalue weighted by Crippen LogP contribution is -2.18. The van der Waals surface area contributed by atoms with Gasteiger partial charge in [-0.25, -0.2) is 9.97 Å². The van der Waals surface area contributed by atoms with Crippen molar-refractivity contribution in [1.29, 1.82) is 0 Å². The van der Waals surface area contributed by atoms with E-state index in [1.165, 1.54) is 6.20 Å². The Bertz CT molecular complexity index is 725. The van der Waals surface area contributed by atoms with Gasteiger partial charge >= 0.3 is 0 Å². The van der Waals surface area contributed by atoms with E-state index < -0.39 is 0 Å². The predicted molar refractivity (Wildman–Crippen MR) is 107 cm³/mol. The van der Waals surface area contributed by atoms with E-state index >= 15 is 0 Å². The van der Waals surface area contributed by atoms with Crippen LogP contribution in [-0.4, -0.2) is 48.0 Å². The van der Waals surface area contributed by atoms with Crippen LogP contribution in [0.4, 0.5) is 11.5 Å². The molecular weight excluding hydrogens is 326 g/mol. The fraction of sp³-hybridized carbons (Fsp3) is 0.450. The lowest BCUT2D eigenvalue weighted by Gasteiger charge is -2.16. The van der Waals surface area contributed by atoms with Crippen molar-refractivity contribution in [2.75, 3.05) is 37.8 Å². The first-order valence-corrected chi connectivity index (χ1v) is 9.00. The minimum atomic E-state index is -0.243. The number of nitrogens with one attached hydrogen (secondary N) is 2. The Kier molecular flexibility index (Phi) is 7.09. The van der Waals surface area contributed by atoms with E-state index in [0.717, 1.165) is 36.3 Å².